The topological polar surface area (TPSA) is 96.2 Å². The lowest BCUT2D eigenvalue weighted by Crippen LogP contribution is -2.40. The lowest BCUT2D eigenvalue weighted by Gasteiger charge is -2.21. The number of carbonyl (C=O) groups excluding carboxylic acids is 2. The molecule has 1 aromatic heterocycles. The zero-order chi connectivity index (χ0) is 21.5. The molecule has 3 rings (SSSR count). The number of amides is 1. The molecule has 1 aromatic carbocycles. The zero-order valence-electron chi connectivity index (χ0n) is 17.6. The Morgan fingerprint density at radius 3 is 2.73 bits per heavy atom. The number of ether oxygens (including phenoxy) is 1. The number of hydrogen-bond donors (Lipinski definition) is 2. The van der Waals surface area contributed by atoms with Crippen molar-refractivity contribution in [2.45, 2.75) is 20.0 Å². The van der Waals surface area contributed by atoms with E-state index in [1.165, 1.54) is 7.11 Å². The Bertz CT molecular complexity index is 894. The van der Waals surface area contributed by atoms with Crippen LogP contribution in [0.15, 0.2) is 52.1 Å². The van der Waals surface area contributed by atoms with Crippen molar-refractivity contribution in [3.63, 3.8) is 0 Å². The monoisotopic (exact) mass is 412 g/mol. The molecule has 0 spiro atoms. The van der Waals surface area contributed by atoms with E-state index in [1.807, 2.05) is 31.2 Å². The summed E-state index contributed by atoms with van der Waals surface area (Å²) in [5, 5.41) is 6.17. The number of hydrogen-bond acceptors (Lipinski definition) is 5. The van der Waals surface area contributed by atoms with Crippen molar-refractivity contribution in [2.75, 3.05) is 27.2 Å². The van der Waals surface area contributed by atoms with Gasteiger partial charge in [-0.2, -0.15) is 0 Å². The summed E-state index contributed by atoms with van der Waals surface area (Å²) in [4.78, 5) is 30.8. The van der Waals surface area contributed by atoms with Crippen LogP contribution in [0.3, 0.4) is 0 Å². The lowest BCUT2D eigenvalue weighted by molar-refractivity contribution is -0.145. The van der Waals surface area contributed by atoms with E-state index in [1.54, 1.807) is 25.4 Å². The molecule has 0 radical (unpaired) electrons. The highest BCUT2D eigenvalue weighted by molar-refractivity contribution is 5.94. The fourth-order valence-electron chi connectivity index (χ4n) is 3.62. The molecule has 2 N–H and O–H groups in total. The van der Waals surface area contributed by atoms with E-state index in [2.05, 4.69) is 20.5 Å². The second-order valence-electron chi connectivity index (χ2n) is 7.38. The van der Waals surface area contributed by atoms with Crippen molar-refractivity contribution in [1.29, 1.82) is 0 Å². The van der Waals surface area contributed by atoms with Gasteiger partial charge in [-0.3, -0.25) is 14.6 Å². The van der Waals surface area contributed by atoms with Crippen LogP contribution in [-0.2, 0) is 22.6 Å². The molecule has 1 aliphatic heterocycles. The molecule has 2 unspecified atom stereocenters. The maximum absolute atomic E-state index is 12.4. The van der Waals surface area contributed by atoms with Crippen LogP contribution in [0.4, 0.5) is 0 Å². The third kappa shape index (κ3) is 5.20. The summed E-state index contributed by atoms with van der Waals surface area (Å²) in [5.41, 5.74) is 1.54. The zero-order valence-corrected chi connectivity index (χ0v) is 17.6. The Balaban J connectivity index is 1.56. The maximum Gasteiger partial charge on any atom is 0.310 e. The van der Waals surface area contributed by atoms with Gasteiger partial charge in [-0.1, -0.05) is 19.1 Å². The van der Waals surface area contributed by atoms with Crippen molar-refractivity contribution in [3.8, 4) is 0 Å². The molecule has 0 bridgehead atoms. The second-order valence-corrected chi connectivity index (χ2v) is 7.38. The molecule has 2 aromatic rings. The Kier molecular flexibility index (Phi) is 7.11. The molecule has 1 fully saturated rings. The third-order valence-corrected chi connectivity index (χ3v) is 5.27. The average molecular weight is 412 g/mol. The molecule has 0 aliphatic carbocycles. The van der Waals surface area contributed by atoms with Crippen LogP contribution in [0.2, 0.25) is 0 Å². The van der Waals surface area contributed by atoms with Crippen LogP contribution < -0.4 is 10.6 Å². The largest absolute Gasteiger partial charge is 0.469 e. The maximum atomic E-state index is 12.4. The van der Waals surface area contributed by atoms with E-state index < -0.39 is 0 Å². The quantitative estimate of drug-likeness (QED) is 0.428. The molecule has 0 saturated carbocycles. The van der Waals surface area contributed by atoms with Crippen LogP contribution in [-0.4, -0.2) is 50.0 Å². The van der Waals surface area contributed by atoms with Gasteiger partial charge in [0.1, 0.15) is 5.76 Å². The van der Waals surface area contributed by atoms with Gasteiger partial charge in [0, 0.05) is 32.2 Å². The average Bonchev–Trinajstić information content (AvgIpc) is 3.42. The van der Waals surface area contributed by atoms with Gasteiger partial charge >= 0.3 is 5.97 Å². The standard InChI is InChI=1S/C22H28N4O4/c1-15-13-26(14-19(15)21(28)29-3)22(23-2)25-11-16-6-4-7-17(10-16)20(27)24-12-18-8-5-9-30-18/h4-10,15,19H,11-14H2,1-3H3,(H,23,25)(H,24,27). The molecule has 1 aliphatic rings. The fraction of sp³-hybridized carbons (Fsp3) is 0.409. The molecule has 8 nitrogen and oxygen atoms in total. The minimum Gasteiger partial charge on any atom is -0.469 e. The number of methoxy groups -OCH3 is 1. The van der Waals surface area contributed by atoms with E-state index in [0.29, 0.717) is 31.0 Å². The second kappa shape index (κ2) is 9.96. The summed E-state index contributed by atoms with van der Waals surface area (Å²) in [5.74, 6) is 1.11. The van der Waals surface area contributed by atoms with Crippen molar-refractivity contribution >= 4 is 17.8 Å². The number of carbonyl (C=O) groups is 2. The van der Waals surface area contributed by atoms with Crippen molar-refractivity contribution in [1.82, 2.24) is 15.5 Å². The number of likely N-dealkylation sites (tertiary alicyclic amines) is 1. The number of guanidine groups is 1. The molecule has 160 valence electrons. The first-order chi connectivity index (χ1) is 14.5. The normalized spacial score (nSPS) is 18.9. The molecule has 30 heavy (non-hydrogen) atoms. The number of rotatable bonds is 6. The Morgan fingerprint density at radius 1 is 1.20 bits per heavy atom. The Labute approximate surface area is 176 Å². The highest BCUT2D eigenvalue weighted by atomic mass is 16.5. The Hall–Kier alpha value is -3.29. The number of benzene rings is 1. The summed E-state index contributed by atoms with van der Waals surface area (Å²) >= 11 is 0. The molecule has 1 amide bonds. The predicted molar refractivity (Wildman–Crippen MR) is 113 cm³/mol. The van der Waals surface area contributed by atoms with Crippen LogP contribution in [0.5, 0.6) is 0 Å². The van der Waals surface area contributed by atoms with Crippen LogP contribution in [0.25, 0.3) is 0 Å². The van der Waals surface area contributed by atoms with E-state index in [4.69, 9.17) is 9.15 Å². The molecule has 1 saturated heterocycles. The first-order valence-electron chi connectivity index (χ1n) is 9.94. The van der Waals surface area contributed by atoms with E-state index in [-0.39, 0.29) is 23.7 Å². The Morgan fingerprint density at radius 2 is 2.03 bits per heavy atom. The van der Waals surface area contributed by atoms with Crippen LogP contribution in [0.1, 0.15) is 28.6 Å². The summed E-state index contributed by atoms with van der Waals surface area (Å²) in [7, 11) is 3.14. The van der Waals surface area contributed by atoms with Gasteiger partial charge in [0.05, 0.1) is 25.8 Å². The molecule has 8 heteroatoms. The number of aliphatic imine (C=N–C) groups is 1. The molecule has 2 heterocycles. The van der Waals surface area contributed by atoms with Gasteiger partial charge in [-0.05, 0) is 35.7 Å². The third-order valence-electron chi connectivity index (χ3n) is 5.27. The van der Waals surface area contributed by atoms with Crippen LogP contribution in [0, 0.1) is 11.8 Å². The molecular weight excluding hydrogens is 384 g/mol. The smallest absolute Gasteiger partial charge is 0.310 e. The minimum atomic E-state index is -0.186. The van der Waals surface area contributed by atoms with Gasteiger partial charge < -0.3 is 24.7 Å². The summed E-state index contributed by atoms with van der Waals surface area (Å²) in [6, 6.07) is 11.0. The number of nitrogens with zero attached hydrogens (tertiary/aromatic N) is 2. The van der Waals surface area contributed by atoms with Gasteiger partial charge in [-0.15, -0.1) is 0 Å². The van der Waals surface area contributed by atoms with Gasteiger partial charge in [0.15, 0.2) is 5.96 Å². The van der Waals surface area contributed by atoms with Crippen molar-refractivity contribution < 1.29 is 18.7 Å². The number of furan rings is 1. The summed E-state index contributed by atoms with van der Waals surface area (Å²) < 4.78 is 10.1. The van der Waals surface area contributed by atoms with Crippen molar-refractivity contribution in [2.24, 2.45) is 16.8 Å². The fourth-order valence-corrected chi connectivity index (χ4v) is 3.62. The lowest BCUT2D eigenvalue weighted by atomic mass is 9.99. The highest BCUT2D eigenvalue weighted by Gasteiger charge is 2.36. The summed E-state index contributed by atoms with van der Waals surface area (Å²) in [6.07, 6.45) is 1.58. The highest BCUT2D eigenvalue weighted by Crippen LogP contribution is 2.24. The molecule has 2 atom stereocenters. The van der Waals surface area contributed by atoms with E-state index in [9.17, 15) is 9.59 Å². The number of esters is 1. The first-order valence-corrected chi connectivity index (χ1v) is 9.94. The van der Waals surface area contributed by atoms with Gasteiger partial charge in [-0.25, -0.2) is 0 Å². The van der Waals surface area contributed by atoms with E-state index >= 15 is 0 Å². The number of nitrogens with one attached hydrogen (secondary N) is 2. The van der Waals surface area contributed by atoms with E-state index in [0.717, 1.165) is 18.1 Å². The van der Waals surface area contributed by atoms with Gasteiger partial charge in [0.25, 0.3) is 5.91 Å². The first kappa shape index (κ1) is 21.4. The predicted octanol–water partition coefficient (Wildman–Crippen LogP) is 2.03. The summed E-state index contributed by atoms with van der Waals surface area (Å²) in [6.45, 7) is 4.20. The minimum absolute atomic E-state index is 0.158. The van der Waals surface area contributed by atoms with Crippen LogP contribution >= 0.6 is 0 Å². The molecular formula is C22H28N4O4. The SMILES string of the molecule is CN=C(NCc1cccc(C(=O)NCc2ccco2)c1)N1CC(C)C(C(=O)OC)C1. The van der Waals surface area contributed by atoms with Gasteiger partial charge in [0.2, 0.25) is 0 Å². The van der Waals surface area contributed by atoms with Crippen molar-refractivity contribution in [3.05, 3.63) is 59.5 Å².